The van der Waals surface area contributed by atoms with Gasteiger partial charge in [0.2, 0.25) is 0 Å². The van der Waals surface area contributed by atoms with Gasteiger partial charge in [-0.15, -0.1) is 0 Å². The van der Waals surface area contributed by atoms with E-state index in [1.807, 2.05) is 17.9 Å². The molecule has 0 aliphatic heterocycles. The van der Waals surface area contributed by atoms with Gasteiger partial charge in [0.05, 0.1) is 5.60 Å². The zero-order valence-corrected chi connectivity index (χ0v) is 11.0. The maximum Gasteiger partial charge on any atom is 0.188 e. The fourth-order valence-corrected chi connectivity index (χ4v) is 1.66. The van der Waals surface area contributed by atoms with Crippen LogP contribution in [-0.2, 0) is 0 Å². The van der Waals surface area contributed by atoms with Crippen molar-refractivity contribution in [1.29, 1.82) is 0 Å². The molecular formula is C12H20N4O2. The van der Waals surface area contributed by atoms with E-state index in [2.05, 4.69) is 10.1 Å². The van der Waals surface area contributed by atoms with Crippen LogP contribution in [0.15, 0.2) is 23.5 Å². The predicted octanol–water partition coefficient (Wildman–Crippen LogP) is 0.773. The van der Waals surface area contributed by atoms with Gasteiger partial charge in [-0.25, -0.2) is 0 Å². The van der Waals surface area contributed by atoms with Crippen LogP contribution in [0, 0.1) is 0 Å². The minimum atomic E-state index is -0.796. The summed E-state index contributed by atoms with van der Waals surface area (Å²) in [6.07, 6.45) is 1.59. The molecule has 100 valence electrons. The molecule has 1 aromatic heterocycles. The highest BCUT2D eigenvalue weighted by molar-refractivity contribution is 5.95. The topological polar surface area (TPSA) is 95.0 Å². The molecule has 0 saturated heterocycles. The Hall–Kier alpha value is -1.82. The number of oxime groups is 1. The molecule has 0 aromatic carbocycles. The molecule has 6 nitrogen and oxygen atoms in total. The molecular weight excluding hydrogens is 232 g/mol. The molecule has 0 atom stereocenters. The summed E-state index contributed by atoms with van der Waals surface area (Å²) in [5, 5.41) is 21.4. The Labute approximate surface area is 107 Å². The van der Waals surface area contributed by atoms with Gasteiger partial charge in [0, 0.05) is 25.0 Å². The largest absolute Gasteiger partial charge is 0.409 e. The molecule has 0 unspecified atom stereocenters. The number of likely N-dealkylation sites (N-methyl/N-ethyl adjacent to an activating group) is 1. The normalized spacial score (nSPS) is 12.6. The van der Waals surface area contributed by atoms with Gasteiger partial charge >= 0.3 is 0 Å². The monoisotopic (exact) mass is 252 g/mol. The first kappa shape index (κ1) is 14.2. The molecule has 6 heteroatoms. The van der Waals surface area contributed by atoms with Crippen molar-refractivity contribution >= 4 is 11.5 Å². The second kappa shape index (κ2) is 5.68. The third-order valence-electron chi connectivity index (χ3n) is 2.44. The smallest absolute Gasteiger partial charge is 0.188 e. The lowest BCUT2D eigenvalue weighted by atomic mass is 10.1. The van der Waals surface area contributed by atoms with Gasteiger partial charge in [-0.2, -0.15) is 0 Å². The van der Waals surface area contributed by atoms with Crippen molar-refractivity contribution in [2.24, 2.45) is 10.9 Å². The van der Waals surface area contributed by atoms with Gasteiger partial charge in [0.15, 0.2) is 5.84 Å². The lowest BCUT2D eigenvalue weighted by Gasteiger charge is -2.30. The highest BCUT2D eigenvalue weighted by atomic mass is 16.4. The molecule has 0 fully saturated rings. The van der Waals surface area contributed by atoms with Crippen LogP contribution in [0.4, 0.5) is 5.69 Å². The summed E-state index contributed by atoms with van der Waals surface area (Å²) in [6, 6.07) is 3.55. The molecule has 4 N–H and O–H groups in total. The number of rotatable bonds is 5. The Kier molecular flexibility index (Phi) is 4.49. The minimum absolute atomic E-state index is 0.0313. The van der Waals surface area contributed by atoms with Crippen LogP contribution in [0.25, 0.3) is 0 Å². The zero-order chi connectivity index (χ0) is 13.8. The van der Waals surface area contributed by atoms with Crippen molar-refractivity contribution in [2.75, 3.05) is 18.0 Å². The Morgan fingerprint density at radius 3 is 2.72 bits per heavy atom. The van der Waals surface area contributed by atoms with Crippen molar-refractivity contribution in [3.05, 3.63) is 24.0 Å². The van der Waals surface area contributed by atoms with Crippen molar-refractivity contribution in [3.63, 3.8) is 0 Å². The van der Waals surface area contributed by atoms with Gasteiger partial charge in [-0.3, -0.25) is 4.98 Å². The molecule has 0 amide bonds. The fourth-order valence-electron chi connectivity index (χ4n) is 1.66. The van der Waals surface area contributed by atoms with E-state index in [1.54, 1.807) is 26.1 Å². The summed E-state index contributed by atoms with van der Waals surface area (Å²) in [4.78, 5) is 6.01. The summed E-state index contributed by atoms with van der Waals surface area (Å²) in [5.41, 5.74) is 5.98. The summed E-state index contributed by atoms with van der Waals surface area (Å²) >= 11 is 0. The van der Waals surface area contributed by atoms with Crippen LogP contribution < -0.4 is 10.6 Å². The molecule has 1 aromatic rings. The Balaban J connectivity index is 3.00. The average Bonchev–Trinajstić information content (AvgIpc) is 2.34. The third-order valence-corrected chi connectivity index (χ3v) is 2.44. The van der Waals surface area contributed by atoms with E-state index in [0.717, 1.165) is 12.2 Å². The van der Waals surface area contributed by atoms with E-state index in [-0.39, 0.29) is 5.84 Å². The lowest BCUT2D eigenvalue weighted by Crippen LogP contribution is -2.38. The fraction of sp³-hybridized carbons (Fsp3) is 0.500. The number of amidine groups is 1. The highest BCUT2D eigenvalue weighted by Gasteiger charge is 2.18. The van der Waals surface area contributed by atoms with Crippen LogP contribution >= 0.6 is 0 Å². The van der Waals surface area contributed by atoms with Crippen LogP contribution in [0.1, 0.15) is 26.5 Å². The number of hydrogen-bond donors (Lipinski definition) is 3. The third kappa shape index (κ3) is 3.89. The number of nitrogens with zero attached hydrogens (tertiary/aromatic N) is 3. The molecule has 0 radical (unpaired) electrons. The first-order valence-corrected chi connectivity index (χ1v) is 5.78. The molecule has 1 heterocycles. The molecule has 1 rings (SSSR count). The zero-order valence-electron chi connectivity index (χ0n) is 11.0. The van der Waals surface area contributed by atoms with Crippen LogP contribution in [0.2, 0.25) is 0 Å². The average molecular weight is 252 g/mol. The Bertz CT molecular complexity index is 426. The molecule has 0 aliphatic rings. The van der Waals surface area contributed by atoms with Crippen LogP contribution in [-0.4, -0.2) is 39.8 Å². The van der Waals surface area contributed by atoms with E-state index in [4.69, 9.17) is 10.9 Å². The minimum Gasteiger partial charge on any atom is -0.409 e. The summed E-state index contributed by atoms with van der Waals surface area (Å²) in [7, 11) is 0. The number of anilines is 1. The number of hydrogen-bond acceptors (Lipinski definition) is 5. The first-order valence-electron chi connectivity index (χ1n) is 5.78. The number of aliphatic hydroxyl groups is 1. The van der Waals surface area contributed by atoms with Gasteiger partial charge in [0.25, 0.3) is 0 Å². The van der Waals surface area contributed by atoms with E-state index in [9.17, 15) is 5.11 Å². The summed E-state index contributed by atoms with van der Waals surface area (Å²) in [6.45, 7) is 6.73. The number of nitrogens with two attached hydrogens (primary N) is 1. The van der Waals surface area contributed by atoms with E-state index in [0.29, 0.717) is 12.2 Å². The van der Waals surface area contributed by atoms with Crippen molar-refractivity contribution in [2.45, 2.75) is 26.4 Å². The second-order valence-corrected chi connectivity index (χ2v) is 4.71. The Morgan fingerprint density at radius 1 is 1.56 bits per heavy atom. The Morgan fingerprint density at radius 2 is 2.22 bits per heavy atom. The second-order valence-electron chi connectivity index (χ2n) is 4.71. The van der Waals surface area contributed by atoms with Gasteiger partial charge in [0.1, 0.15) is 5.69 Å². The van der Waals surface area contributed by atoms with E-state index in [1.165, 1.54) is 0 Å². The molecule has 0 aliphatic carbocycles. The molecule has 0 bridgehead atoms. The van der Waals surface area contributed by atoms with Crippen LogP contribution in [0.3, 0.4) is 0 Å². The quantitative estimate of drug-likeness (QED) is 0.311. The maximum absolute atomic E-state index is 9.86. The van der Waals surface area contributed by atoms with Crippen molar-refractivity contribution in [1.82, 2.24) is 4.98 Å². The SMILES string of the molecule is CCN(CC(C)(C)O)c1ccnc(C(N)=NO)c1. The highest BCUT2D eigenvalue weighted by Crippen LogP contribution is 2.17. The lowest BCUT2D eigenvalue weighted by molar-refractivity contribution is 0.0876. The van der Waals surface area contributed by atoms with Crippen molar-refractivity contribution in [3.8, 4) is 0 Å². The molecule has 0 saturated carbocycles. The number of pyridine rings is 1. The first-order chi connectivity index (χ1) is 8.37. The predicted molar refractivity (Wildman–Crippen MR) is 70.9 cm³/mol. The van der Waals surface area contributed by atoms with Crippen LogP contribution in [0.5, 0.6) is 0 Å². The van der Waals surface area contributed by atoms with Gasteiger partial charge < -0.3 is 20.9 Å². The summed E-state index contributed by atoms with van der Waals surface area (Å²) in [5.74, 6) is -0.0313. The van der Waals surface area contributed by atoms with E-state index >= 15 is 0 Å². The standard InChI is InChI=1S/C12H20N4O2/c1-4-16(8-12(2,3)17)9-5-6-14-10(7-9)11(13)15-18/h5-7,17-18H,4,8H2,1-3H3,(H2,13,15). The van der Waals surface area contributed by atoms with E-state index < -0.39 is 5.60 Å². The van der Waals surface area contributed by atoms with Gasteiger partial charge in [-0.05, 0) is 32.9 Å². The molecule has 0 spiro atoms. The maximum atomic E-state index is 9.86. The molecule has 18 heavy (non-hydrogen) atoms. The van der Waals surface area contributed by atoms with Gasteiger partial charge in [-0.1, -0.05) is 5.16 Å². The van der Waals surface area contributed by atoms with Crippen molar-refractivity contribution < 1.29 is 10.3 Å². The summed E-state index contributed by atoms with van der Waals surface area (Å²) < 4.78 is 0. The number of aromatic nitrogens is 1.